The van der Waals surface area contributed by atoms with Gasteiger partial charge in [-0.25, -0.2) is 0 Å². The number of hydrogen-bond donors (Lipinski definition) is 2. The topological polar surface area (TPSA) is 72.2 Å². The van der Waals surface area contributed by atoms with Crippen molar-refractivity contribution in [3.8, 4) is 0 Å². The van der Waals surface area contributed by atoms with Crippen LogP contribution in [0.25, 0.3) is 0 Å². The molecule has 2 aromatic carbocycles. The Bertz CT molecular complexity index is 689. The first-order valence-corrected chi connectivity index (χ1v) is 6.82. The number of carbonyl (C=O) groups excluding carboxylic acids is 2. The Morgan fingerprint density at radius 2 is 1.70 bits per heavy atom. The molecular weight excluding hydrogens is 344 g/mol. The summed E-state index contributed by atoms with van der Waals surface area (Å²) in [5.74, 6) is -1.02. The van der Waals surface area contributed by atoms with Crippen LogP contribution < -0.4 is 11.1 Å². The zero-order valence-corrected chi connectivity index (χ0v) is 12.5. The van der Waals surface area contributed by atoms with Crippen LogP contribution in [0.1, 0.15) is 20.7 Å². The van der Waals surface area contributed by atoms with Crippen LogP contribution in [0.2, 0.25) is 5.02 Å². The lowest BCUT2D eigenvalue weighted by molar-refractivity contribution is 0.100. The van der Waals surface area contributed by atoms with Crippen molar-refractivity contribution < 1.29 is 9.59 Å². The molecule has 0 bridgehead atoms. The first kappa shape index (κ1) is 14.6. The molecule has 2 rings (SSSR count). The van der Waals surface area contributed by atoms with Crippen molar-refractivity contribution in [2.24, 2.45) is 5.73 Å². The van der Waals surface area contributed by atoms with Gasteiger partial charge < -0.3 is 11.1 Å². The van der Waals surface area contributed by atoms with Crippen LogP contribution >= 0.6 is 27.5 Å². The van der Waals surface area contributed by atoms with Gasteiger partial charge in [0.25, 0.3) is 11.8 Å². The van der Waals surface area contributed by atoms with E-state index in [1.54, 1.807) is 42.5 Å². The number of amides is 2. The maximum absolute atomic E-state index is 12.2. The maximum Gasteiger partial charge on any atom is 0.257 e. The molecule has 0 atom stereocenters. The molecule has 2 amide bonds. The summed E-state index contributed by atoms with van der Waals surface area (Å²) in [7, 11) is 0. The lowest BCUT2D eigenvalue weighted by Gasteiger charge is -2.10. The lowest BCUT2D eigenvalue weighted by Crippen LogP contribution is -2.18. The fourth-order valence-electron chi connectivity index (χ4n) is 1.68. The fraction of sp³-hybridized carbons (Fsp3) is 0. The Morgan fingerprint density at radius 3 is 2.40 bits per heavy atom. The average Bonchev–Trinajstić information content (AvgIpc) is 2.42. The number of anilines is 1. The smallest absolute Gasteiger partial charge is 0.257 e. The second-order valence-electron chi connectivity index (χ2n) is 3.97. The predicted octanol–water partition coefficient (Wildman–Crippen LogP) is 3.45. The molecule has 0 aliphatic rings. The number of halogens is 2. The quantitative estimate of drug-likeness (QED) is 0.887. The van der Waals surface area contributed by atoms with Gasteiger partial charge in [-0.3, -0.25) is 9.59 Å². The summed E-state index contributed by atoms with van der Waals surface area (Å²) in [5, 5.41) is 2.94. The van der Waals surface area contributed by atoms with Gasteiger partial charge in [0.2, 0.25) is 0 Å². The van der Waals surface area contributed by atoms with Gasteiger partial charge in [0.05, 0.1) is 21.8 Å². The van der Waals surface area contributed by atoms with Gasteiger partial charge in [-0.15, -0.1) is 0 Å². The third-order valence-corrected chi connectivity index (χ3v) is 3.93. The van der Waals surface area contributed by atoms with E-state index in [1.807, 2.05) is 0 Å². The van der Waals surface area contributed by atoms with E-state index in [-0.39, 0.29) is 5.56 Å². The number of benzene rings is 2. The maximum atomic E-state index is 12.2. The van der Waals surface area contributed by atoms with E-state index in [1.165, 1.54) is 0 Å². The van der Waals surface area contributed by atoms with E-state index in [0.717, 1.165) is 0 Å². The average molecular weight is 354 g/mol. The molecule has 6 heteroatoms. The number of hydrogen-bond acceptors (Lipinski definition) is 2. The Balaban J connectivity index is 2.33. The van der Waals surface area contributed by atoms with Crippen molar-refractivity contribution in [1.82, 2.24) is 0 Å². The van der Waals surface area contributed by atoms with Crippen LogP contribution in [-0.4, -0.2) is 11.8 Å². The number of para-hydroxylation sites is 1. The number of carbonyl (C=O) groups is 2. The SMILES string of the molecule is NC(=O)c1ccccc1NC(=O)c1cccc(Br)c1Cl. The van der Waals surface area contributed by atoms with Gasteiger partial charge in [0.1, 0.15) is 0 Å². The molecule has 0 fully saturated rings. The molecule has 3 N–H and O–H groups in total. The van der Waals surface area contributed by atoms with Crippen molar-refractivity contribution in [3.63, 3.8) is 0 Å². The van der Waals surface area contributed by atoms with Gasteiger partial charge in [0, 0.05) is 4.47 Å². The van der Waals surface area contributed by atoms with Crippen LogP contribution in [0.3, 0.4) is 0 Å². The molecule has 2 aromatic rings. The Labute approximate surface area is 129 Å². The summed E-state index contributed by atoms with van der Waals surface area (Å²) in [6.45, 7) is 0. The van der Waals surface area contributed by atoms with Crippen LogP contribution in [0, 0.1) is 0 Å². The predicted molar refractivity (Wildman–Crippen MR) is 82.1 cm³/mol. The molecule has 20 heavy (non-hydrogen) atoms. The molecular formula is C14H10BrClN2O2. The fourth-order valence-corrected chi connectivity index (χ4v) is 2.25. The molecule has 102 valence electrons. The first-order valence-electron chi connectivity index (χ1n) is 5.65. The van der Waals surface area contributed by atoms with E-state index in [0.29, 0.717) is 20.7 Å². The number of primary amides is 1. The molecule has 0 aliphatic carbocycles. The molecule has 0 spiro atoms. The molecule has 0 heterocycles. The van der Waals surface area contributed by atoms with E-state index in [2.05, 4.69) is 21.2 Å². The van der Waals surface area contributed by atoms with Crippen molar-refractivity contribution in [2.75, 3.05) is 5.32 Å². The summed E-state index contributed by atoms with van der Waals surface area (Å²) in [4.78, 5) is 23.5. The van der Waals surface area contributed by atoms with Crippen molar-refractivity contribution in [2.45, 2.75) is 0 Å². The first-order chi connectivity index (χ1) is 9.50. The highest BCUT2D eigenvalue weighted by Crippen LogP contribution is 2.27. The zero-order valence-electron chi connectivity index (χ0n) is 10.2. The van der Waals surface area contributed by atoms with Crippen molar-refractivity contribution in [1.29, 1.82) is 0 Å². The lowest BCUT2D eigenvalue weighted by atomic mass is 10.1. The third-order valence-electron chi connectivity index (χ3n) is 2.64. The molecule has 0 aromatic heterocycles. The number of rotatable bonds is 3. The van der Waals surface area contributed by atoms with Crippen LogP contribution in [0.5, 0.6) is 0 Å². The number of nitrogens with one attached hydrogen (secondary N) is 1. The molecule has 0 aliphatic heterocycles. The summed E-state index contributed by atoms with van der Waals surface area (Å²) in [6, 6.07) is 11.5. The second-order valence-corrected chi connectivity index (χ2v) is 5.20. The highest BCUT2D eigenvalue weighted by atomic mass is 79.9. The Morgan fingerprint density at radius 1 is 1.05 bits per heavy atom. The van der Waals surface area contributed by atoms with Gasteiger partial charge in [-0.1, -0.05) is 29.8 Å². The summed E-state index contributed by atoms with van der Waals surface area (Å²) < 4.78 is 0.620. The van der Waals surface area contributed by atoms with Gasteiger partial charge in [-0.05, 0) is 40.2 Å². The minimum absolute atomic E-state index is 0.243. The van der Waals surface area contributed by atoms with Crippen LogP contribution in [0.4, 0.5) is 5.69 Å². The zero-order chi connectivity index (χ0) is 14.7. The summed E-state index contributed by atoms with van der Waals surface area (Å²) >= 11 is 9.31. The Hall–Kier alpha value is -1.85. The minimum atomic E-state index is -0.610. The van der Waals surface area contributed by atoms with Gasteiger partial charge in [-0.2, -0.15) is 0 Å². The van der Waals surface area contributed by atoms with Crippen LogP contribution in [0.15, 0.2) is 46.9 Å². The molecule has 0 radical (unpaired) electrons. The van der Waals surface area contributed by atoms with E-state index >= 15 is 0 Å². The molecule has 0 saturated carbocycles. The van der Waals surface area contributed by atoms with Crippen molar-refractivity contribution >= 4 is 45.0 Å². The van der Waals surface area contributed by atoms with E-state index in [4.69, 9.17) is 17.3 Å². The summed E-state index contributed by atoms with van der Waals surface area (Å²) in [6.07, 6.45) is 0. The highest BCUT2D eigenvalue weighted by Gasteiger charge is 2.15. The van der Waals surface area contributed by atoms with E-state index < -0.39 is 11.8 Å². The van der Waals surface area contributed by atoms with Gasteiger partial charge >= 0.3 is 0 Å². The van der Waals surface area contributed by atoms with Gasteiger partial charge in [0.15, 0.2) is 0 Å². The molecule has 0 saturated heterocycles. The molecule has 4 nitrogen and oxygen atoms in total. The monoisotopic (exact) mass is 352 g/mol. The minimum Gasteiger partial charge on any atom is -0.366 e. The van der Waals surface area contributed by atoms with E-state index in [9.17, 15) is 9.59 Å². The highest BCUT2D eigenvalue weighted by molar-refractivity contribution is 9.10. The largest absolute Gasteiger partial charge is 0.366 e. The molecule has 0 unspecified atom stereocenters. The van der Waals surface area contributed by atoms with Crippen molar-refractivity contribution in [3.05, 3.63) is 63.1 Å². The standard InChI is InChI=1S/C14H10BrClN2O2/c15-10-6-3-5-9(12(10)16)14(20)18-11-7-2-1-4-8(11)13(17)19/h1-7H,(H2,17,19)(H,18,20). The second kappa shape index (κ2) is 6.07. The third kappa shape index (κ3) is 3.00. The van der Waals surface area contributed by atoms with Crippen LogP contribution in [-0.2, 0) is 0 Å². The normalized spacial score (nSPS) is 10.1. The summed E-state index contributed by atoms with van der Waals surface area (Å²) in [5.41, 5.74) is 6.16. The number of nitrogens with two attached hydrogens (primary N) is 1. The Kier molecular flexibility index (Phi) is 4.42.